The molecule has 0 saturated carbocycles. The second-order valence-electron chi connectivity index (χ2n) is 6.48. The lowest BCUT2D eigenvalue weighted by molar-refractivity contribution is 0.0958. The average Bonchev–Trinajstić information content (AvgIpc) is 2.79. The zero-order valence-electron chi connectivity index (χ0n) is 17.2. The van der Waals surface area contributed by atoms with Gasteiger partial charge >= 0.3 is 0 Å². The van der Waals surface area contributed by atoms with E-state index in [0.29, 0.717) is 5.75 Å². The number of nitrogens with two attached hydrogens (primary N) is 1. The largest absolute Gasteiger partial charge is 0.383 e. The number of benzene rings is 1. The number of aliphatic imine (C=N–C) groups is 1. The average molecular weight is 452 g/mol. The van der Waals surface area contributed by atoms with Crippen LogP contribution in [0.2, 0.25) is 0 Å². The van der Waals surface area contributed by atoms with Crippen LogP contribution >= 0.6 is 11.8 Å². The van der Waals surface area contributed by atoms with Gasteiger partial charge in [0.1, 0.15) is 34.2 Å². The van der Waals surface area contributed by atoms with E-state index in [-0.39, 0.29) is 44.7 Å². The number of thioether (sulfide) groups is 1. The van der Waals surface area contributed by atoms with Gasteiger partial charge in [-0.3, -0.25) is 14.8 Å². The first-order valence-corrected chi connectivity index (χ1v) is 10.3. The van der Waals surface area contributed by atoms with E-state index >= 15 is 0 Å². The van der Waals surface area contributed by atoms with Gasteiger partial charge in [0.2, 0.25) is 0 Å². The van der Waals surface area contributed by atoms with E-state index in [4.69, 9.17) is 5.73 Å². The molecule has 0 aliphatic carbocycles. The summed E-state index contributed by atoms with van der Waals surface area (Å²) in [4.78, 5) is 24.0. The molecule has 1 amide bonds. The first-order chi connectivity index (χ1) is 15.4. The number of aromatic nitrogens is 2. The molecule has 7 nitrogen and oxygen atoms in total. The van der Waals surface area contributed by atoms with Crippen LogP contribution < -0.4 is 11.1 Å². The van der Waals surface area contributed by atoms with Gasteiger partial charge in [0, 0.05) is 43.4 Å². The summed E-state index contributed by atoms with van der Waals surface area (Å²) in [5.41, 5.74) is 6.81. The van der Waals surface area contributed by atoms with Crippen molar-refractivity contribution < 1.29 is 13.6 Å². The third-order valence-corrected chi connectivity index (χ3v) is 5.52. The van der Waals surface area contributed by atoms with E-state index in [9.17, 15) is 18.8 Å². The number of amides is 1. The SMILES string of the molecule is CN=Cc1c(N)nc(SCc2ccnc(C(=O)NC)c2)c(C#N)c1-c1c(F)cccc1F. The lowest BCUT2D eigenvalue weighted by atomic mass is 9.95. The highest BCUT2D eigenvalue weighted by molar-refractivity contribution is 7.98. The summed E-state index contributed by atoms with van der Waals surface area (Å²) < 4.78 is 29.3. The maximum Gasteiger partial charge on any atom is 0.269 e. The number of nitrogens with one attached hydrogen (secondary N) is 1. The zero-order chi connectivity index (χ0) is 23.3. The van der Waals surface area contributed by atoms with Crippen LogP contribution in [0.4, 0.5) is 14.6 Å². The highest BCUT2D eigenvalue weighted by Crippen LogP contribution is 2.38. The molecule has 0 bridgehead atoms. The molecule has 3 aromatic rings. The third kappa shape index (κ3) is 4.58. The van der Waals surface area contributed by atoms with Crippen molar-refractivity contribution in [3.63, 3.8) is 0 Å². The van der Waals surface area contributed by atoms with Crippen LogP contribution in [0.1, 0.15) is 27.2 Å². The van der Waals surface area contributed by atoms with Crippen LogP contribution in [-0.2, 0) is 5.75 Å². The summed E-state index contributed by atoms with van der Waals surface area (Å²) in [5.74, 6) is -1.71. The molecule has 0 aliphatic rings. The number of anilines is 1. The van der Waals surface area contributed by atoms with Gasteiger partial charge in [-0.2, -0.15) is 5.26 Å². The maximum absolute atomic E-state index is 14.6. The number of nitrogens with zero attached hydrogens (tertiary/aromatic N) is 4. The predicted molar refractivity (Wildman–Crippen MR) is 119 cm³/mol. The van der Waals surface area contributed by atoms with Crippen molar-refractivity contribution in [2.45, 2.75) is 10.8 Å². The molecule has 0 saturated heterocycles. The molecule has 1 aromatic carbocycles. The molecule has 0 unspecified atom stereocenters. The number of carbonyl (C=O) groups excluding carboxylic acids is 1. The fraction of sp³-hybridized carbons (Fsp3) is 0.136. The number of hydrogen-bond donors (Lipinski definition) is 2. The van der Waals surface area contributed by atoms with E-state index < -0.39 is 11.6 Å². The van der Waals surface area contributed by atoms with Gasteiger partial charge in [-0.05, 0) is 29.8 Å². The van der Waals surface area contributed by atoms with Gasteiger partial charge in [-0.1, -0.05) is 6.07 Å². The van der Waals surface area contributed by atoms with Gasteiger partial charge in [0.25, 0.3) is 5.91 Å². The Morgan fingerprint density at radius 3 is 2.66 bits per heavy atom. The topological polar surface area (TPSA) is 117 Å². The van der Waals surface area contributed by atoms with Crippen molar-refractivity contribution in [3.8, 4) is 17.2 Å². The van der Waals surface area contributed by atoms with Crippen molar-refractivity contribution in [1.29, 1.82) is 5.26 Å². The molecule has 3 rings (SSSR count). The molecule has 0 atom stereocenters. The molecule has 10 heteroatoms. The first kappa shape index (κ1) is 22.8. The van der Waals surface area contributed by atoms with Gasteiger partial charge in [-0.15, -0.1) is 11.8 Å². The van der Waals surface area contributed by atoms with Crippen LogP contribution in [-0.4, -0.2) is 36.2 Å². The summed E-state index contributed by atoms with van der Waals surface area (Å²) >= 11 is 1.15. The molecular formula is C22H18F2N6OS. The van der Waals surface area contributed by atoms with Gasteiger partial charge < -0.3 is 11.1 Å². The third-order valence-electron chi connectivity index (χ3n) is 4.47. The van der Waals surface area contributed by atoms with Crippen molar-refractivity contribution in [3.05, 3.63) is 70.5 Å². The predicted octanol–water partition coefficient (Wildman–Crippen LogP) is 3.58. The smallest absolute Gasteiger partial charge is 0.269 e. The number of hydrogen-bond acceptors (Lipinski definition) is 7. The van der Waals surface area contributed by atoms with Gasteiger partial charge in [0.15, 0.2) is 0 Å². The molecule has 2 aromatic heterocycles. The Balaban J connectivity index is 2.12. The van der Waals surface area contributed by atoms with Gasteiger partial charge in [-0.25, -0.2) is 13.8 Å². The summed E-state index contributed by atoms with van der Waals surface area (Å²) in [6.45, 7) is 0. The summed E-state index contributed by atoms with van der Waals surface area (Å²) in [5, 5.41) is 12.6. The summed E-state index contributed by atoms with van der Waals surface area (Å²) in [6.07, 6.45) is 2.81. The molecule has 32 heavy (non-hydrogen) atoms. The minimum absolute atomic E-state index is 0.00974. The van der Waals surface area contributed by atoms with Crippen LogP contribution in [0.3, 0.4) is 0 Å². The number of pyridine rings is 2. The first-order valence-electron chi connectivity index (χ1n) is 9.31. The maximum atomic E-state index is 14.6. The molecule has 0 aliphatic heterocycles. The highest BCUT2D eigenvalue weighted by Gasteiger charge is 2.24. The van der Waals surface area contributed by atoms with Crippen molar-refractivity contribution in [2.24, 2.45) is 4.99 Å². The Labute approximate surface area is 187 Å². The molecule has 3 N–H and O–H groups in total. The lowest BCUT2D eigenvalue weighted by Crippen LogP contribution is -2.19. The molecular weight excluding hydrogens is 434 g/mol. The number of rotatable bonds is 6. The Hall–Kier alpha value is -3.84. The zero-order valence-corrected chi connectivity index (χ0v) is 18.0. The quantitative estimate of drug-likeness (QED) is 0.436. The molecule has 0 fully saturated rings. The second kappa shape index (κ2) is 9.98. The molecule has 2 heterocycles. The van der Waals surface area contributed by atoms with E-state index in [1.165, 1.54) is 32.6 Å². The Morgan fingerprint density at radius 2 is 2.03 bits per heavy atom. The van der Waals surface area contributed by atoms with E-state index in [1.807, 2.05) is 6.07 Å². The van der Waals surface area contributed by atoms with Crippen molar-refractivity contribution in [1.82, 2.24) is 15.3 Å². The van der Waals surface area contributed by atoms with Crippen LogP contribution in [0, 0.1) is 23.0 Å². The van der Waals surface area contributed by atoms with Crippen molar-refractivity contribution in [2.75, 3.05) is 19.8 Å². The second-order valence-corrected chi connectivity index (χ2v) is 7.44. The minimum atomic E-state index is -0.835. The Morgan fingerprint density at radius 1 is 1.31 bits per heavy atom. The van der Waals surface area contributed by atoms with Crippen molar-refractivity contribution >= 4 is 29.7 Å². The standard InChI is InChI=1S/C22H18F2N6OS/c1-27-10-14-18(19-15(23)4-3-5-16(19)24)13(9-25)22(30-20(14)26)32-11-12-6-7-29-17(8-12)21(31)28-2/h3-8,10H,11H2,1-2H3,(H2,26,30)(H,28,31). The number of nitriles is 1. The molecule has 162 valence electrons. The fourth-order valence-electron chi connectivity index (χ4n) is 3.03. The van der Waals surface area contributed by atoms with E-state index in [2.05, 4.69) is 20.3 Å². The number of halogens is 2. The number of nitrogen functional groups attached to an aromatic ring is 1. The van der Waals surface area contributed by atoms with Crippen LogP contribution in [0.15, 0.2) is 46.5 Å². The van der Waals surface area contributed by atoms with E-state index in [0.717, 1.165) is 29.5 Å². The van der Waals surface area contributed by atoms with Crippen LogP contribution in [0.25, 0.3) is 11.1 Å². The number of carbonyl (C=O) groups is 1. The van der Waals surface area contributed by atoms with Gasteiger partial charge in [0.05, 0.1) is 11.1 Å². The Bertz CT molecular complexity index is 1240. The summed E-state index contributed by atoms with van der Waals surface area (Å²) in [7, 11) is 2.98. The van der Waals surface area contributed by atoms with Crippen LogP contribution in [0.5, 0.6) is 0 Å². The molecule has 0 spiro atoms. The van der Waals surface area contributed by atoms with E-state index in [1.54, 1.807) is 12.1 Å². The highest BCUT2D eigenvalue weighted by atomic mass is 32.2. The fourth-order valence-corrected chi connectivity index (χ4v) is 3.97. The normalized spacial score (nSPS) is 10.8. The minimum Gasteiger partial charge on any atom is -0.383 e. The molecule has 0 radical (unpaired) electrons. The lowest BCUT2D eigenvalue weighted by Gasteiger charge is -2.15. The summed E-state index contributed by atoms with van der Waals surface area (Å²) in [6, 6.07) is 8.77. The Kier molecular flexibility index (Phi) is 7.12. The monoisotopic (exact) mass is 452 g/mol.